The molecule has 21 heavy (non-hydrogen) atoms. The summed E-state index contributed by atoms with van der Waals surface area (Å²) in [6.45, 7) is 7.26. The Kier molecular flexibility index (Phi) is 6.23. The number of nitrogens with zero attached hydrogens (tertiary/aromatic N) is 3. The van der Waals surface area contributed by atoms with E-state index in [2.05, 4.69) is 29.1 Å². The minimum absolute atomic E-state index is 0.0260. The summed E-state index contributed by atoms with van der Waals surface area (Å²) < 4.78 is 38.7. The first-order valence-corrected chi connectivity index (χ1v) is 7.15. The minimum atomic E-state index is -4.47. The Morgan fingerprint density at radius 1 is 1.29 bits per heavy atom. The molecule has 0 aliphatic rings. The molecule has 1 heterocycles. The molecule has 1 aromatic heterocycles. The van der Waals surface area contributed by atoms with Gasteiger partial charge in [0, 0.05) is 26.2 Å². The minimum Gasteiger partial charge on any atom is -0.359 e. The molecule has 0 fully saturated rings. The van der Waals surface area contributed by atoms with Crippen LogP contribution in [0.2, 0.25) is 0 Å². The molecule has 0 aliphatic heterocycles. The van der Waals surface area contributed by atoms with Gasteiger partial charge in [0.05, 0.1) is 0 Å². The molecule has 0 atom stereocenters. The summed E-state index contributed by atoms with van der Waals surface area (Å²) >= 11 is 0. The van der Waals surface area contributed by atoms with Crippen LogP contribution in [0.3, 0.4) is 0 Å². The summed E-state index contributed by atoms with van der Waals surface area (Å²) in [5, 5.41) is 2.82. The van der Waals surface area contributed by atoms with Crippen molar-refractivity contribution in [3.8, 4) is 0 Å². The van der Waals surface area contributed by atoms with E-state index in [1.165, 1.54) is 0 Å². The number of alkyl halides is 3. The second-order valence-electron chi connectivity index (χ2n) is 5.46. The number of hydrogen-bond donors (Lipinski definition) is 1. The van der Waals surface area contributed by atoms with Crippen molar-refractivity contribution in [2.24, 2.45) is 5.92 Å². The standard InChI is InChI=1S/C14H23F3N4/c1-5-7-18-13-19-11(14(15,16)17)9-12(20-13)21(4)8-6-10(2)3/h9-10H,5-8H2,1-4H3,(H,18,19,20). The summed E-state index contributed by atoms with van der Waals surface area (Å²) in [6.07, 6.45) is -2.79. The second kappa shape index (κ2) is 7.47. The van der Waals surface area contributed by atoms with Crippen molar-refractivity contribution in [2.45, 2.75) is 39.8 Å². The fourth-order valence-corrected chi connectivity index (χ4v) is 1.66. The molecule has 0 saturated carbocycles. The summed E-state index contributed by atoms with van der Waals surface area (Å²) in [5.74, 6) is 0.795. The quantitative estimate of drug-likeness (QED) is 0.832. The fourth-order valence-electron chi connectivity index (χ4n) is 1.66. The molecule has 0 bridgehead atoms. The first-order valence-electron chi connectivity index (χ1n) is 7.15. The van der Waals surface area contributed by atoms with Gasteiger partial charge in [0.25, 0.3) is 0 Å². The smallest absolute Gasteiger partial charge is 0.359 e. The van der Waals surface area contributed by atoms with Crippen LogP contribution in [0, 0.1) is 5.92 Å². The van der Waals surface area contributed by atoms with Crippen molar-refractivity contribution in [2.75, 3.05) is 30.4 Å². The van der Waals surface area contributed by atoms with Crippen LogP contribution < -0.4 is 10.2 Å². The van der Waals surface area contributed by atoms with Gasteiger partial charge in [-0.3, -0.25) is 0 Å². The molecular weight excluding hydrogens is 281 g/mol. The SMILES string of the molecule is CCCNc1nc(N(C)CCC(C)C)cc(C(F)(F)F)n1. The van der Waals surface area contributed by atoms with Crippen molar-refractivity contribution >= 4 is 11.8 Å². The Morgan fingerprint density at radius 2 is 1.95 bits per heavy atom. The van der Waals surface area contributed by atoms with Crippen LogP contribution in [0.5, 0.6) is 0 Å². The first-order chi connectivity index (χ1) is 9.74. The van der Waals surface area contributed by atoms with Crippen LogP contribution in [0.15, 0.2) is 6.07 Å². The molecule has 1 aromatic rings. The van der Waals surface area contributed by atoms with Gasteiger partial charge in [-0.2, -0.15) is 18.2 Å². The fraction of sp³-hybridized carbons (Fsp3) is 0.714. The third-order valence-corrected chi connectivity index (χ3v) is 2.97. The number of anilines is 2. The molecule has 1 N–H and O–H groups in total. The Labute approximate surface area is 123 Å². The van der Waals surface area contributed by atoms with Gasteiger partial charge in [0.15, 0.2) is 5.69 Å². The molecule has 0 radical (unpaired) electrons. The van der Waals surface area contributed by atoms with E-state index in [0.29, 0.717) is 19.0 Å². The zero-order chi connectivity index (χ0) is 16.0. The number of nitrogens with one attached hydrogen (secondary N) is 1. The van der Waals surface area contributed by atoms with E-state index in [1.807, 2.05) is 6.92 Å². The predicted octanol–water partition coefficient (Wildman–Crippen LogP) is 3.80. The van der Waals surface area contributed by atoms with Crippen LogP contribution in [-0.4, -0.2) is 30.1 Å². The van der Waals surface area contributed by atoms with Crippen molar-refractivity contribution in [3.05, 3.63) is 11.8 Å². The molecule has 0 aliphatic carbocycles. The van der Waals surface area contributed by atoms with Crippen molar-refractivity contribution in [1.82, 2.24) is 9.97 Å². The molecule has 7 heteroatoms. The highest BCUT2D eigenvalue weighted by molar-refractivity contribution is 5.45. The lowest BCUT2D eigenvalue weighted by Gasteiger charge is -2.21. The third-order valence-electron chi connectivity index (χ3n) is 2.97. The average molecular weight is 304 g/mol. The van der Waals surface area contributed by atoms with Gasteiger partial charge in [-0.05, 0) is 18.8 Å². The Balaban J connectivity index is 3.00. The largest absolute Gasteiger partial charge is 0.433 e. The van der Waals surface area contributed by atoms with E-state index in [4.69, 9.17) is 0 Å². The summed E-state index contributed by atoms with van der Waals surface area (Å²) in [7, 11) is 1.74. The maximum atomic E-state index is 12.9. The number of hydrogen-bond acceptors (Lipinski definition) is 4. The predicted molar refractivity (Wildman–Crippen MR) is 78.5 cm³/mol. The van der Waals surface area contributed by atoms with Crippen LogP contribution in [0.1, 0.15) is 39.3 Å². The summed E-state index contributed by atoms with van der Waals surface area (Å²) in [5.41, 5.74) is -0.914. The monoisotopic (exact) mass is 304 g/mol. The molecule has 0 amide bonds. The Hall–Kier alpha value is -1.53. The molecular formula is C14H23F3N4. The topological polar surface area (TPSA) is 41.1 Å². The normalized spacial score (nSPS) is 11.8. The van der Waals surface area contributed by atoms with Crippen molar-refractivity contribution in [1.29, 1.82) is 0 Å². The van der Waals surface area contributed by atoms with Crippen LogP contribution in [-0.2, 0) is 6.18 Å². The van der Waals surface area contributed by atoms with Crippen molar-refractivity contribution in [3.63, 3.8) is 0 Å². The van der Waals surface area contributed by atoms with Crippen LogP contribution >= 0.6 is 0 Å². The van der Waals surface area contributed by atoms with E-state index >= 15 is 0 Å². The van der Waals surface area contributed by atoms with Crippen LogP contribution in [0.25, 0.3) is 0 Å². The van der Waals surface area contributed by atoms with Crippen LogP contribution in [0.4, 0.5) is 24.9 Å². The second-order valence-corrected chi connectivity index (χ2v) is 5.46. The molecule has 1 rings (SSSR count). The molecule has 4 nitrogen and oxygen atoms in total. The lowest BCUT2D eigenvalue weighted by molar-refractivity contribution is -0.141. The van der Waals surface area contributed by atoms with Gasteiger partial charge in [0.2, 0.25) is 5.95 Å². The number of aromatic nitrogens is 2. The van der Waals surface area contributed by atoms with Gasteiger partial charge in [-0.1, -0.05) is 20.8 Å². The Bertz CT molecular complexity index is 446. The summed E-state index contributed by atoms with van der Waals surface area (Å²) in [6, 6.07) is 0.997. The first kappa shape index (κ1) is 17.5. The maximum absolute atomic E-state index is 12.9. The number of rotatable bonds is 7. The zero-order valence-corrected chi connectivity index (χ0v) is 13.0. The molecule has 0 saturated heterocycles. The average Bonchev–Trinajstić information content (AvgIpc) is 2.41. The molecule has 0 unspecified atom stereocenters. The lowest BCUT2D eigenvalue weighted by Crippen LogP contribution is -2.23. The van der Waals surface area contributed by atoms with Gasteiger partial charge in [-0.15, -0.1) is 0 Å². The maximum Gasteiger partial charge on any atom is 0.433 e. The van der Waals surface area contributed by atoms with Gasteiger partial charge < -0.3 is 10.2 Å². The van der Waals surface area contributed by atoms with Crippen molar-refractivity contribution < 1.29 is 13.2 Å². The highest BCUT2D eigenvalue weighted by atomic mass is 19.4. The lowest BCUT2D eigenvalue weighted by atomic mass is 10.1. The van der Waals surface area contributed by atoms with Gasteiger partial charge in [0.1, 0.15) is 5.82 Å². The van der Waals surface area contributed by atoms with E-state index in [-0.39, 0.29) is 11.8 Å². The van der Waals surface area contributed by atoms with E-state index in [1.54, 1.807) is 11.9 Å². The molecule has 120 valence electrons. The van der Waals surface area contributed by atoms with Gasteiger partial charge >= 0.3 is 6.18 Å². The van der Waals surface area contributed by atoms with E-state index in [9.17, 15) is 13.2 Å². The highest BCUT2D eigenvalue weighted by Gasteiger charge is 2.34. The molecule has 0 spiro atoms. The summed E-state index contributed by atoms with van der Waals surface area (Å²) in [4.78, 5) is 9.44. The van der Waals surface area contributed by atoms with Gasteiger partial charge in [-0.25, -0.2) is 4.98 Å². The zero-order valence-electron chi connectivity index (χ0n) is 13.0. The highest BCUT2D eigenvalue weighted by Crippen LogP contribution is 2.30. The molecule has 0 aromatic carbocycles. The Morgan fingerprint density at radius 3 is 2.48 bits per heavy atom. The van der Waals surface area contributed by atoms with E-state index < -0.39 is 11.9 Å². The third kappa shape index (κ3) is 5.77. The number of halogens is 3. The van der Waals surface area contributed by atoms with E-state index in [0.717, 1.165) is 18.9 Å².